The van der Waals surface area contributed by atoms with Crippen LogP contribution in [-0.4, -0.2) is 135 Å². The van der Waals surface area contributed by atoms with Gasteiger partial charge in [-0.15, -0.1) is 0 Å². The van der Waals surface area contributed by atoms with Crippen LogP contribution in [0.4, 0.5) is 0 Å². The molecule has 2 fully saturated rings. The Morgan fingerprint density at radius 1 is 0.860 bits per heavy atom. The van der Waals surface area contributed by atoms with Crippen LogP contribution in [-0.2, 0) is 68.7 Å². The summed E-state index contributed by atoms with van der Waals surface area (Å²) in [7, 11) is -3.84. The molecule has 0 radical (unpaired) electrons. The first-order valence-corrected chi connectivity index (χ1v) is 31.9. The van der Waals surface area contributed by atoms with Gasteiger partial charge in [0.15, 0.2) is 6.23 Å². The Labute approximate surface area is 550 Å². The van der Waals surface area contributed by atoms with Gasteiger partial charge in [0.1, 0.15) is 24.1 Å². The molecule has 0 spiro atoms. The number of aromatic nitrogens is 2. The van der Waals surface area contributed by atoms with Gasteiger partial charge < -0.3 is 95.1 Å². The van der Waals surface area contributed by atoms with Crippen LogP contribution in [0.3, 0.4) is 0 Å². The molecule has 6 aliphatic rings. The topological polar surface area (TPSA) is 498 Å². The van der Waals surface area contributed by atoms with Gasteiger partial charge in [-0.2, -0.15) is 11.4 Å². The molecular weight excluding hydrogens is 1270 g/mol. The molecule has 2 aromatic rings. The largest absolute Gasteiger partial charge is 3.00 e. The summed E-state index contributed by atoms with van der Waals surface area (Å²) in [5.41, 5.74) is 34.5. The molecule has 7 amide bonds. The van der Waals surface area contributed by atoms with Crippen LogP contribution in [0.15, 0.2) is 73.8 Å². The molecular formula is C62H86CoN14O15P. The SMILES string of the molecule is COc1ccc2c(c1)ncn2[C@H]1O[C@H](CO)[C@@H](OP(=O)([O-])O[C@@H](C)CNC(=O)CC[C@@]2(C)C3=N[C@@H]([C@@H]2CC(N)=O)[C@]2(C)N=C(/C(C)=C4N=C(/C=C5\[N-]/C(=C\3C)[C@@H](CCC(N)=O)C5(C)C)[C@@H](CCC(N)=O)[C@]\4(C)CC(N)=O)[C@@H](CCC(N)=O)[C@]2(C)CC(N)=O)[C@H]1O.[C-]#N.[Co+3]. The number of nitrogens with zero attached hydrogens (tertiary/aromatic N) is 7. The normalized spacial score (nSPS) is 33.1. The van der Waals surface area contributed by atoms with Crippen LogP contribution in [0.1, 0.15) is 139 Å². The number of imidazole rings is 1. The zero-order chi connectivity index (χ0) is 68.5. The van der Waals surface area contributed by atoms with E-state index in [1.54, 1.807) is 32.0 Å². The van der Waals surface area contributed by atoms with Crippen LogP contribution < -0.4 is 49.3 Å². The van der Waals surface area contributed by atoms with Crippen molar-refractivity contribution in [2.24, 2.45) is 94.7 Å². The number of amides is 7. The van der Waals surface area contributed by atoms with E-state index in [9.17, 15) is 53.2 Å². The molecule has 15 N–H and O–H groups in total. The molecule has 1 aromatic carbocycles. The summed E-state index contributed by atoms with van der Waals surface area (Å²) < 4.78 is 37.0. The summed E-state index contributed by atoms with van der Waals surface area (Å²) in [5.74, 6) is -6.92. The minimum Gasteiger partial charge on any atom is -0.756 e. The van der Waals surface area contributed by atoms with Gasteiger partial charge in [0.2, 0.25) is 41.4 Å². The third-order valence-corrected chi connectivity index (χ3v) is 21.2. The summed E-state index contributed by atoms with van der Waals surface area (Å²) >= 11 is 0. The van der Waals surface area contributed by atoms with Gasteiger partial charge in [0.05, 0.1) is 54.5 Å². The first-order chi connectivity index (χ1) is 43.0. The van der Waals surface area contributed by atoms with Crippen molar-refractivity contribution >= 4 is 77.3 Å². The van der Waals surface area contributed by atoms with Crippen molar-refractivity contribution in [3.63, 3.8) is 0 Å². The van der Waals surface area contributed by atoms with E-state index < -0.39 is 143 Å². The average molecular weight is 1360 g/mol. The number of aliphatic imine (C=N–C) groups is 3. The first-order valence-electron chi connectivity index (χ1n) is 30.4. The number of hydrogen-bond donors (Lipinski definition) is 9. The van der Waals surface area contributed by atoms with E-state index in [1.807, 2.05) is 47.6 Å². The molecule has 2 saturated heterocycles. The van der Waals surface area contributed by atoms with E-state index in [-0.39, 0.29) is 94.0 Å². The number of carbonyl (C=O) groups is 7. The molecule has 93 heavy (non-hydrogen) atoms. The summed E-state index contributed by atoms with van der Waals surface area (Å²) in [6.45, 7) is 19.8. The molecule has 0 aliphatic carbocycles. The van der Waals surface area contributed by atoms with E-state index in [0.717, 1.165) is 0 Å². The smallest absolute Gasteiger partial charge is 0.756 e. The van der Waals surface area contributed by atoms with Crippen molar-refractivity contribution in [2.75, 3.05) is 20.3 Å². The number of nitrogens with two attached hydrogens (primary N) is 6. The molecule has 1 unspecified atom stereocenters. The summed E-state index contributed by atoms with van der Waals surface area (Å²) in [6, 6.07) is 3.94. The number of aliphatic hydroxyl groups excluding tert-OH is 2. The zero-order valence-electron chi connectivity index (χ0n) is 53.9. The number of allylic oxidation sites excluding steroid dienone is 6. The monoisotopic (exact) mass is 1360 g/mol. The van der Waals surface area contributed by atoms with Gasteiger partial charge >= 0.3 is 16.8 Å². The maximum atomic E-state index is 14.3. The third-order valence-electron chi connectivity index (χ3n) is 20.1. The number of phosphoric acid groups is 1. The number of rotatable bonds is 27. The standard InChI is InChI=1S/C61H88N13O15P.CN.Co/c1-29(88-90(84,85)89-52-40(27-75)87-56(51(52)83)74-28-69-38-21-32(86-10)11-15-39(38)74)26-68-48(82)19-20-58(6)36(22-45(65)79)55-61(9)60(8,25-47(67)81)35(14-18-44(64)78)50(73-61)31(3)54-59(7,24-46(66)80)33(12-16-42(62)76)37(70-54)23-41-57(4,5)34(13-17-43(63)77)49(71-41)30(2)53(58)72-55;1-2;/h11,15,21,23,28-29,33-36,40,51-52,55-56,75,83H,12-14,16-20,22,24-27H2,1-10H3,(H15,62,63,64,65,66,67,68,70,71,72,73,76,77,78,79,80,81,82,84,85);;/q;-1;+3/p-2/t29-,33+,34+,35+,36-,40+,51+,52+,55-,56-,58+,59-,60-,61-;;/m0../s1. The zero-order valence-corrected chi connectivity index (χ0v) is 55.9. The second-order valence-electron chi connectivity index (χ2n) is 26.4. The number of fused-ring (bicyclic) bond motifs is 7. The number of aliphatic hydroxyl groups is 2. The Morgan fingerprint density at radius 3 is 2.03 bits per heavy atom. The van der Waals surface area contributed by atoms with Crippen molar-refractivity contribution in [1.82, 2.24) is 14.9 Å². The van der Waals surface area contributed by atoms with Gasteiger partial charge in [-0.25, -0.2) is 4.98 Å². The minimum absolute atomic E-state index is 0. The van der Waals surface area contributed by atoms with Gasteiger partial charge in [-0.05, 0) is 88.0 Å². The quantitative estimate of drug-likeness (QED) is 0.0459. The molecule has 15 atom stereocenters. The molecule has 6 aliphatic heterocycles. The number of ether oxygens (including phenoxy) is 2. The second-order valence-corrected chi connectivity index (χ2v) is 27.7. The summed E-state index contributed by atoms with van der Waals surface area (Å²) in [5, 5.41) is 36.0. The average Bonchev–Trinajstić information content (AvgIpc) is 1.53. The second kappa shape index (κ2) is 28.8. The molecule has 31 heteroatoms. The fourth-order valence-corrected chi connectivity index (χ4v) is 16.3. The predicted octanol–water partition coefficient (Wildman–Crippen LogP) is 2.80. The van der Waals surface area contributed by atoms with Crippen molar-refractivity contribution in [1.29, 1.82) is 5.26 Å². The molecule has 8 bridgehead atoms. The fraction of sp³-hybridized carbons (Fsp3) is 0.613. The van der Waals surface area contributed by atoms with Crippen LogP contribution in [0.2, 0.25) is 0 Å². The van der Waals surface area contributed by atoms with Crippen molar-refractivity contribution < 1.29 is 88.5 Å². The molecule has 8 rings (SSSR count). The molecule has 508 valence electrons. The van der Waals surface area contributed by atoms with Crippen LogP contribution in [0.25, 0.3) is 16.4 Å². The molecule has 1 aromatic heterocycles. The minimum atomic E-state index is -5.33. The number of phosphoric ester groups is 1. The van der Waals surface area contributed by atoms with Crippen molar-refractivity contribution in [2.45, 2.75) is 175 Å². The predicted molar refractivity (Wildman–Crippen MR) is 334 cm³/mol. The molecule has 0 saturated carbocycles. The van der Waals surface area contributed by atoms with Gasteiger partial charge in [0, 0.05) is 109 Å². The van der Waals surface area contributed by atoms with Gasteiger partial charge in [0.25, 0.3) is 7.82 Å². The molecule has 7 heterocycles. The Balaban J connectivity index is 0.00000453. The maximum Gasteiger partial charge on any atom is 3.00 e. The number of nitrogens with one attached hydrogen (secondary N) is 1. The number of benzene rings is 1. The first kappa shape index (κ1) is 74.8. The number of primary amides is 6. The van der Waals surface area contributed by atoms with E-state index >= 15 is 0 Å². The van der Waals surface area contributed by atoms with E-state index in [0.29, 0.717) is 62.2 Å². The summed E-state index contributed by atoms with van der Waals surface area (Å²) in [6.07, 6.45) is -5.00. The van der Waals surface area contributed by atoms with Gasteiger partial charge in [-0.1, -0.05) is 40.7 Å². The van der Waals surface area contributed by atoms with E-state index in [4.69, 9.17) is 85.1 Å². The third kappa shape index (κ3) is 14.7. The van der Waals surface area contributed by atoms with Crippen molar-refractivity contribution in [3.8, 4) is 5.75 Å². The Bertz CT molecular complexity index is 3570. The van der Waals surface area contributed by atoms with Crippen molar-refractivity contribution in [3.05, 3.63) is 70.7 Å². The maximum absolute atomic E-state index is 14.3. The number of carbonyl (C=O) groups excluding carboxylic acids is 7. The number of hydrogen-bond acceptors (Lipinski definition) is 20. The van der Waals surface area contributed by atoms with Crippen LogP contribution >= 0.6 is 7.82 Å². The summed E-state index contributed by atoms with van der Waals surface area (Å²) in [4.78, 5) is 128. The number of methoxy groups -OCH3 is 1. The molecule has 29 nitrogen and oxygen atoms in total. The van der Waals surface area contributed by atoms with Gasteiger partial charge in [-0.3, -0.25) is 53.1 Å². The Hall–Kier alpha value is -7.20. The Morgan fingerprint density at radius 2 is 1.46 bits per heavy atom. The fourth-order valence-electron chi connectivity index (χ4n) is 15.2. The van der Waals surface area contributed by atoms with E-state index in [1.165, 1.54) is 24.9 Å². The van der Waals surface area contributed by atoms with Crippen LogP contribution in [0, 0.1) is 57.2 Å². The van der Waals surface area contributed by atoms with E-state index in [2.05, 4.69) is 10.3 Å². The Kier molecular flexibility index (Phi) is 23.2. The van der Waals surface area contributed by atoms with Crippen LogP contribution in [0.5, 0.6) is 5.75 Å².